The second-order valence-corrected chi connectivity index (χ2v) is 5.70. The van der Waals surface area contributed by atoms with Crippen LogP contribution < -0.4 is 4.74 Å². The lowest BCUT2D eigenvalue weighted by atomic mass is 9.95. The van der Waals surface area contributed by atoms with Crippen LogP contribution in [0.25, 0.3) is 0 Å². The molecule has 20 heavy (non-hydrogen) atoms. The van der Waals surface area contributed by atoms with E-state index in [2.05, 4.69) is 11.0 Å². The highest BCUT2D eigenvalue weighted by atomic mass is 16.5. The molecule has 4 heteroatoms. The van der Waals surface area contributed by atoms with E-state index < -0.39 is 5.60 Å². The third-order valence-corrected chi connectivity index (χ3v) is 3.64. The van der Waals surface area contributed by atoms with Gasteiger partial charge in [0.15, 0.2) is 0 Å². The highest BCUT2D eigenvalue weighted by Crippen LogP contribution is 2.20. The number of hydrogen-bond donors (Lipinski definition) is 1. The Morgan fingerprint density at radius 2 is 2.15 bits per heavy atom. The Morgan fingerprint density at radius 3 is 2.80 bits per heavy atom. The van der Waals surface area contributed by atoms with Crippen LogP contribution in [0.15, 0.2) is 24.3 Å². The number of aliphatic hydroxyl groups is 1. The van der Waals surface area contributed by atoms with E-state index in [9.17, 15) is 5.11 Å². The number of nitrogens with zero attached hydrogens (tertiary/aromatic N) is 2. The van der Waals surface area contributed by atoms with Crippen LogP contribution in [0, 0.1) is 11.3 Å². The molecule has 1 heterocycles. The van der Waals surface area contributed by atoms with Crippen LogP contribution in [0.5, 0.6) is 5.75 Å². The lowest BCUT2D eigenvalue weighted by Gasteiger charge is -2.36. The van der Waals surface area contributed by atoms with Gasteiger partial charge in [0.1, 0.15) is 12.4 Å². The molecule has 0 aromatic heterocycles. The van der Waals surface area contributed by atoms with Crippen LogP contribution >= 0.6 is 0 Å². The molecule has 1 saturated heterocycles. The average molecular weight is 274 g/mol. The topological polar surface area (TPSA) is 56.5 Å². The molecule has 2 rings (SSSR count). The van der Waals surface area contributed by atoms with Crippen molar-refractivity contribution in [1.82, 2.24) is 4.90 Å². The Balaban J connectivity index is 1.74. The zero-order chi connectivity index (χ0) is 14.4. The number of likely N-dealkylation sites (tertiary alicyclic amines) is 1. The number of piperidine rings is 1. The van der Waals surface area contributed by atoms with Crippen molar-refractivity contribution >= 4 is 0 Å². The van der Waals surface area contributed by atoms with E-state index in [1.165, 1.54) is 0 Å². The Morgan fingerprint density at radius 1 is 1.40 bits per heavy atom. The third-order valence-electron chi connectivity index (χ3n) is 3.64. The molecule has 1 N–H and O–H groups in total. The number of ether oxygens (including phenoxy) is 1. The van der Waals surface area contributed by atoms with Crippen molar-refractivity contribution in [2.75, 3.05) is 26.2 Å². The summed E-state index contributed by atoms with van der Waals surface area (Å²) in [6.07, 6.45) is 2.35. The monoisotopic (exact) mass is 274 g/mol. The van der Waals surface area contributed by atoms with Crippen molar-refractivity contribution < 1.29 is 9.84 Å². The molecule has 0 aliphatic carbocycles. The third kappa shape index (κ3) is 4.52. The summed E-state index contributed by atoms with van der Waals surface area (Å²) in [6.45, 7) is 5.09. The Labute approximate surface area is 120 Å². The highest BCUT2D eigenvalue weighted by Gasteiger charge is 2.27. The maximum atomic E-state index is 10.0. The number of rotatable bonds is 5. The van der Waals surface area contributed by atoms with Gasteiger partial charge in [-0.05, 0) is 44.0 Å². The van der Waals surface area contributed by atoms with Gasteiger partial charge in [0.2, 0.25) is 0 Å². The van der Waals surface area contributed by atoms with E-state index in [1.807, 2.05) is 31.2 Å². The van der Waals surface area contributed by atoms with Gasteiger partial charge in [0, 0.05) is 13.1 Å². The van der Waals surface area contributed by atoms with Gasteiger partial charge in [0.25, 0.3) is 0 Å². The molecule has 1 aromatic rings. The van der Waals surface area contributed by atoms with Crippen molar-refractivity contribution in [1.29, 1.82) is 5.26 Å². The summed E-state index contributed by atoms with van der Waals surface area (Å²) in [7, 11) is 0. The van der Waals surface area contributed by atoms with Gasteiger partial charge in [-0.25, -0.2) is 0 Å². The summed E-state index contributed by atoms with van der Waals surface area (Å²) in [5, 5.41) is 18.6. The lowest BCUT2D eigenvalue weighted by molar-refractivity contribution is -0.0183. The molecule has 0 spiro atoms. The quantitative estimate of drug-likeness (QED) is 0.892. The van der Waals surface area contributed by atoms with Crippen LogP contribution in [0.2, 0.25) is 0 Å². The summed E-state index contributed by atoms with van der Waals surface area (Å²) < 4.78 is 5.70. The summed E-state index contributed by atoms with van der Waals surface area (Å²) in [5.74, 6) is 0.829. The van der Waals surface area contributed by atoms with Gasteiger partial charge >= 0.3 is 0 Å². The molecule has 0 bridgehead atoms. The van der Waals surface area contributed by atoms with E-state index in [0.29, 0.717) is 13.0 Å². The normalized spacial score (nSPS) is 23.2. The van der Waals surface area contributed by atoms with Crippen molar-refractivity contribution in [3.8, 4) is 11.8 Å². The fraction of sp³-hybridized carbons (Fsp3) is 0.562. The van der Waals surface area contributed by atoms with Crippen molar-refractivity contribution in [3.63, 3.8) is 0 Å². The fourth-order valence-electron chi connectivity index (χ4n) is 2.60. The maximum Gasteiger partial charge on any atom is 0.119 e. The minimum Gasteiger partial charge on any atom is -0.492 e. The molecular formula is C16H22N2O2. The van der Waals surface area contributed by atoms with Crippen molar-refractivity contribution in [2.24, 2.45) is 0 Å². The molecule has 1 aliphatic heterocycles. The van der Waals surface area contributed by atoms with Crippen LogP contribution in [0.3, 0.4) is 0 Å². The van der Waals surface area contributed by atoms with Gasteiger partial charge < -0.3 is 9.84 Å². The first-order valence-electron chi connectivity index (χ1n) is 7.12. The second kappa shape index (κ2) is 6.74. The van der Waals surface area contributed by atoms with Crippen LogP contribution in [-0.2, 0) is 6.42 Å². The Bertz CT molecular complexity index is 462. The molecule has 1 atom stereocenters. The SMILES string of the molecule is CC1(O)CCCN(CCOc2ccc(CC#N)cc2)C1. The van der Waals surface area contributed by atoms with Crippen LogP contribution in [0.4, 0.5) is 0 Å². The minimum absolute atomic E-state index is 0.434. The maximum absolute atomic E-state index is 10.0. The van der Waals surface area contributed by atoms with Crippen molar-refractivity contribution in [2.45, 2.75) is 31.8 Å². The van der Waals surface area contributed by atoms with Gasteiger partial charge in [0.05, 0.1) is 18.1 Å². The van der Waals surface area contributed by atoms with Gasteiger partial charge in [-0.2, -0.15) is 5.26 Å². The second-order valence-electron chi connectivity index (χ2n) is 5.70. The summed E-state index contributed by atoms with van der Waals surface area (Å²) in [6, 6.07) is 9.77. The predicted octanol–water partition coefficient (Wildman–Crippen LogP) is 1.98. The molecule has 0 radical (unpaired) electrons. The van der Waals surface area contributed by atoms with Gasteiger partial charge in [-0.3, -0.25) is 4.90 Å². The smallest absolute Gasteiger partial charge is 0.119 e. The largest absolute Gasteiger partial charge is 0.492 e. The first-order valence-corrected chi connectivity index (χ1v) is 7.12. The summed E-state index contributed by atoms with van der Waals surface area (Å²) in [5.41, 5.74) is 0.448. The van der Waals surface area contributed by atoms with E-state index >= 15 is 0 Å². The molecule has 0 amide bonds. The van der Waals surface area contributed by atoms with Crippen LogP contribution in [-0.4, -0.2) is 41.8 Å². The van der Waals surface area contributed by atoms with E-state index in [1.54, 1.807) is 0 Å². The molecule has 1 fully saturated rings. The number of hydrogen-bond acceptors (Lipinski definition) is 4. The number of benzene rings is 1. The zero-order valence-corrected chi connectivity index (χ0v) is 12.0. The van der Waals surface area contributed by atoms with Crippen LogP contribution in [0.1, 0.15) is 25.3 Å². The van der Waals surface area contributed by atoms with Gasteiger partial charge in [-0.1, -0.05) is 12.1 Å². The average Bonchev–Trinajstić information content (AvgIpc) is 2.40. The molecule has 4 nitrogen and oxygen atoms in total. The molecule has 0 saturated carbocycles. The Kier molecular flexibility index (Phi) is 4.99. The molecular weight excluding hydrogens is 252 g/mol. The summed E-state index contributed by atoms with van der Waals surface area (Å²) >= 11 is 0. The lowest BCUT2D eigenvalue weighted by Crippen LogP contribution is -2.47. The minimum atomic E-state index is -0.558. The molecule has 1 unspecified atom stereocenters. The molecule has 1 aromatic carbocycles. The molecule has 108 valence electrons. The van der Waals surface area contributed by atoms with E-state index in [-0.39, 0.29) is 0 Å². The van der Waals surface area contributed by atoms with E-state index in [4.69, 9.17) is 10.00 Å². The first kappa shape index (κ1) is 14.8. The first-order chi connectivity index (χ1) is 9.59. The molecule has 1 aliphatic rings. The standard InChI is InChI=1S/C16H22N2O2/c1-16(19)8-2-10-18(13-16)11-12-20-15-5-3-14(4-6-15)7-9-17/h3-6,19H,2,7-8,10-13H2,1H3. The van der Waals surface area contributed by atoms with E-state index in [0.717, 1.165) is 43.8 Å². The number of nitriles is 1. The highest BCUT2D eigenvalue weighted by molar-refractivity contribution is 5.28. The summed E-state index contributed by atoms with van der Waals surface area (Å²) in [4.78, 5) is 2.24. The fourth-order valence-corrected chi connectivity index (χ4v) is 2.60. The van der Waals surface area contributed by atoms with Crippen molar-refractivity contribution in [3.05, 3.63) is 29.8 Å². The predicted molar refractivity (Wildman–Crippen MR) is 77.6 cm³/mol. The zero-order valence-electron chi connectivity index (χ0n) is 12.0. The number of β-amino-alcohol motifs (C(OH)–C–C–N with tert-alkyl or cyclic N) is 1. The van der Waals surface area contributed by atoms with Gasteiger partial charge in [-0.15, -0.1) is 0 Å². The Hall–Kier alpha value is -1.57.